The van der Waals surface area contributed by atoms with Crippen molar-refractivity contribution in [2.75, 3.05) is 5.32 Å². The maximum atomic E-state index is 13.7. The fraction of sp³-hybridized carbons (Fsp3) is 0.0714. The van der Waals surface area contributed by atoms with Gasteiger partial charge < -0.3 is 21.3 Å². The molecule has 0 saturated carbocycles. The highest BCUT2D eigenvalue weighted by Gasteiger charge is 2.14. The van der Waals surface area contributed by atoms with Crippen molar-refractivity contribution in [3.63, 3.8) is 0 Å². The molecule has 0 aliphatic rings. The third kappa shape index (κ3) is 2.86. The lowest BCUT2D eigenvalue weighted by atomic mass is 10.1. The lowest BCUT2D eigenvalue weighted by molar-refractivity contribution is 0.102. The average molecular weight is 276 g/mol. The molecule has 6 heteroatoms. The summed E-state index contributed by atoms with van der Waals surface area (Å²) in [6, 6.07) is 7.74. The van der Waals surface area contributed by atoms with E-state index in [0.717, 1.165) is 6.07 Å². The number of halogens is 1. The number of benzene rings is 2. The Labute approximate surface area is 114 Å². The molecule has 5 N–H and O–H groups in total. The molecule has 0 heterocycles. The highest BCUT2D eigenvalue weighted by molar-refractivity contribution is 6.06. The molecule has 1 amide bonds. The van der Waals surface area contributed by atoms with E-state index in [0.29, 0.717) is 5.56 Å². The van der Waals surface area contributed by atoms with Crippen LogP contribution < -0.4 is 11.1 Å². The number of carbonyl (C=O) groups is 1. The Morgan fingerprint density at radius 3 is 2.55 bits per heavy atom. The van der Waals surface area contributed by atoms with Crippen molar-refractivity contribution in [3.8, 4) is 11.5 Å². The van der Waals surface area contributed by atoms with Crippen LogP contribution in [-0.2, 0) is 6.54 Å². The van der Waals surface area contributed by atoms with E-state index in [1.165, 1.54) is 24.3 Å². The molecule has 0 radical (unpaired) electrons. The number of carbonyl (C=O) groups excluding carboxylic acids is 1. The number of amides is 1. The quantitative estimate of drug-likeness (QED) is 0.689. The molecule has 0 aliphatic heterocycles. The second-order valence-electron chi connectivity index (χ2n) is 4.17. The predicted molar refractivity (Wildman–Crippen MR) is 72.0 cm³/mol. The van der Waals surface area contributed by atoms with Crippen LogP contribution in [0, 0.1) is 5.82 Å². The van der Waals surface area contributed by atoms with Crippen molar-refractivity contribution in [1.82, 2.24) is 0 Å². The van der Waals surface area contributed by atoms with Crippen LogP contribution in [0.3, 0.4) is 0 Å². The first-order chi connectivity index (χ1) is 9.51. The first kappa shape index (κ1) is 13.8. The van der Waals surface area contributed by atoms with Crippen LogP contribution >= 0.6 is 0 Å². The van der Waals surface area contributed by atoms with E-state index in [2.05, 4.69) is 5.32 Å². The molecule has 0 bridgehead atoms. The Hall–Kier alpha value is -2.60. The third-order valence-corrected chi connectivity index (χ3v) is 2.74. The van der Waals surface area contributed by atoms with Crippen LogP contribution in [0.5, 0.6) is 11.5 Å². The van der Waals surface area contributed by atoms with Crippen molar-refractivity contribution < 1.29 is 19.4 Å². The largest absolute Gasteiger partial charge is 0.508 e. The van der Waals surface area contributed by atoms with Crippen molar-refractivity contribution in [1.29, 1.82) is 0 Å². The summed E-state index contributed by atoms with van der Waals surface area (Å²) in [7, 11) is 0. The van der Waals surface area contributed by atoms with Gasteiger partial charge in [0, 0.05) is 12.6 Å². The molecule has 0 saturated heterocycles. The minimum absolute atomic E-state index is 0.0142. The lowest BCUT2D eigenvalue weighted by Gasteiger charge is -2.09. The number of hydrogen-bond acceptors (Lipinski definition) is 4. The van der Waals surface area contributed by atoms with Gasteiger partial charge in [-0.2, -0.15) is 0 Å². The Morgan fingerprint density at radius 1 is 1.20 bits per heavy atom. The Balaban J connectivity index is 2.23. The molecule has 20 heavy (non-hydrogen) atoms. The molecule has 2 aromatic rings. The van der Waals surface area contributed by atoms with Crippen LogP contribution in [0.4, 0.5) is 10.1 Å². The lowest BCUT2D eigenvalue weighted by Crippen LogP contribution is -2.13. The molecular formula is C14H13FN2O3. The molecule has 0 unspecified atom stereocenters. The summed E-state index contributed by atoms with van der Waals surface area (Å²) in [5.74, 6) is -1.85. The second kappa shape index (κ2) is 5.58. The molecule has 2 aromatic carbocycles. The zero-order chi connectivity index (χ0) is 14.7. The summed E-state index contributed by atoms with van der Waals surface area (Å²) in [6.07, 6.45) is 0. The minimum Gasteiger partial charge on any atom is -0.508 e. The van der Waals surface area contributed by atoms with Gasteiger partial charge >= 0.3 is 0 Å². The fourth-order valence-corrected chi connectivity index (χ4v) is 1.69. The van der Waals surface area contributed by atoms with Crippen LogP contribution in [0.25, 0.3) is 0 Å². The number of phenols is 2. The molecule has 0 aromatic heterocycles. The van der Waals surface area contributed by atoms with E-state index in [9.17, 15) is 14.3 Å². The first-order valence-corrected chi connectivity index (χ1v) is 5.83. The zero-order valence-electron chi connectivity index (χ0n) is 10.4. The van der Waals surface area contributed by atoms with Gasteiger partial charge in [-0.05, 0) is 29.8 Å². The number of hydrogen-bond donors (Lipinski definition) is 4. The number of nitrogens with one attached hydrogen (secondary N) is 1. The molecule has 104 valence electrons. The van der Waals surface area contributed by atoms with Gasteiger partial charge in [-0.3, -0.25) is 4.79 Å². The number of nitrogens with two attached hydrogens (primary N) is 1. The number of anilines is 1. The van der Waals surface area contributed by atoms with Crippen molar-refractivity contribution in [3.05, 3.63) is 53.3 Å². The van der Waals surface area contributed by atoms with Crippen LogP contribution in [0.2, 0.25) is 0 Å². The SMILES string of the molecule is NCc1ccc(NC(=O)c2ccc(O)cc2O)c(F)c1. The van der Waals surface area contributed by atoms with Gasteiger partial charge in [0.05, 0.1) is 11.3 Å². The standard InChI is InChI=1S/C14H13FN2O3/c15-11-5-8(7-16)1-4-12(11)17-14(20)10-3-2-9(18)6-13(10)19/h1-6,18-19H,7,16H2,(H,17,20). The van der Waals surface area contributed by atoms with E-state index in [4.69, 9.17) is 10.8 Å². The molecule has 0 aliphatic carbocycles. The fourth-order valence-electron chi connectivity index (χ4n) is 1.69. The van der Waals surface area contributed by atoms with Gasteiger partial charge in [0.2, 0.25) is 0 Å². The Bertz CT molecular complexity index is 659. The molecule has 2 rings (SSSR count). The van der Waals surface area contributed by atoms with Gasteiger partial charge in [0.25, 0.3) is 5.91 Å². The van der Waals surface area contributed by atoms with Gasteiger partial charge in [0.1, 0.15) is 17.3 Å². The third-order valence-electron chi connectivity index (χ3n) is 2.74. The van der Waals surface area contributed by atoms with Crippen LogP contribution in [-0.4, -0.2) is 16.1 Å². The van der Waals surface area contributed by atoms with E-state index < -0.39 is 11.7 Å². The van der Waals surface area contributed by atoms with Crippen molar-refractivity contribution in [2.24, 2.45) is 5.73 Å². The van der Waals surface area contributed by atoms with E-state index in [1.54, 1.807) is 6.07 Å². The number of phenolic OH excluding ortho intramolecular Hbond substituents is 2. The smallest absolute Gasteiger partial charge is 0.259 e. The van der Waals surface area contributed by atoms with Crippen LogP contribution in [0.15, 0.2) is 36.4 Å². The van der Waals surface area contributed by atoms with Gasteiger partial charge in [-0.1, -0.05) is 6.07 Å². The summed E-state index contributed by atoms with van der Waals surface area (Å²) in [6.45, 7) is 0.198. The monoisotopic (exact) mass is 276 g/mol. The second-order valence-corrected chi connectivity index (χ2v) is 4.17. The summed E-state index contributed by atoms with van der Waals surface area (Å²) in [4.78, 5) is 11.9. The highest BCUT2D eigenvalue weighted by atomic mass is 19.1. The summed E-state index contributed by atoms with van der Waals surface area (Å²) < 4.78 is 13.7. The summed E-state index contributed by atoms with van der Waals surface area (Å²) >= 11 is 0. The molecule has 0 spiro atoms. The first-order valence-electron chi connectivity index (χ1n) is 5.83. The van der Waals surface area contributed by atoms with Crippen molar-refractivity contribution >= 4 is 11.6 Å². The van der Waals surface area contributed by atoms with Gasteiger partial charge in [0.15, 0.2) is 0 Å². The Morgan fingerprint density at radius 2 is 1.95 bits per heavy atom. The average Bonchev–Trinajstić information content (AvgIpc) is 2.40. The number of rotatable bonds is 3. The minimum atomic E-state index is -0.679. The van der Waals surface area contributed by atoms with Crippen LogP contribution in [0.1, 0.15) is 15.9 Å². The van der Waals surface area contributed by atoms with E-state index >= 15 is 0 Å². The maximum Gasteiger partial charge on any atom is 0.259 e. The van der Waals surface area contributed by atoms with E-state index in [1.807, 2.05) is 0 Å². The highest BCUT2D eigenvalue weighted by Crippen LogP contribution is 2.24. The van der Waals surface area contributed by atoms with E-state index in [-0.39, 0.29) is 29.3 Å². The number of aromatic hydroxyl groups is 2. The molecule has 5 nitrogen and oxygen atoms in total. The van der Waals surface area contributed by atoms with Crippen molar-refractivity contribution in [2.45, 2.75) is 6.54 Å². The molecular weight excluding hydrogens is 263 g/mol. The normalized spacial score (nSPS) is 10.3. The topological polar surface area (TPSA) is 95.6 Å². The Kier molecular flexibility index (Phi) is 3.86. The summed E-state index contributed by atoms with van der Waals surface area (Å²) in [5, 5.41) is 21.0. The predicted octanol–water partition coefficient (Wildman–Crippen LogP) is 1.95. The summed E-state index contributed by atoms with van der Waals surface area (Å²) in [5.41, 5.74) is 5.91. The molecule has 0 atom stereocenters. The van der Waals surface area contributed by atoms with Gasteiger partial charge in [-0.15, -0.1) is 0 Å². The maximum absolute atomic E-state index is 13.7. The zero-order valence-corrected chi connectivity index (χ0v) is 10.4. The van der Waals surface area contributed by atoms with Gasteiger partial charge in [-0.25, -0.2) is 4.39 Å². The molecule has 0 fully saturated rings.